The van der Waals surface area contributed by atoms with E-state index in [1.807, 2.05) is 21.1 Å². The monoisotopic (exact) mass is 862 g/mol. The normalized spacial score (nSPS) is 14.2. The molecule has 0 fully saturated rings. The van der Waals surface area contributed by atoms with Crippen molar-refractivity contribution in [3.63, 3.8) is 0 Å². The van der Waals surface area contributed by atoms with Gasteiger partial charge in [0.25, 0.3) is 7.82 Å². The van der Waals surface area contributed by atoms with Crippen LogP contribution in [0.2, 0.25) is 0 Å². The second kappa shape index (κ2) is 41.8. The molecule has 0 heterocycles. The second-order valence-electron chi connectivity index (χ2n) is 16.7. The highest BCUT2D eigenvalue weighted by Crippen LogP contribution is 2.38. The minimum Gasteiger partial charge on any atom is -0.756 e. The maximum atomic E-state index is 12.7. The molecule has 0 bridgehead atoms. The van der Waals surface area contributed by atoms with Crippen molar-refractivity contribution in [3.8, 4) is 0 Å². The highest BCUT2D eigenvalue weighted by atomic mass is 31.2. The van der Waals surface area contributed by atoms with Crippen LogP contribution in [-0.4, -0.2) is 70.0 Å². The smallest absolute Gasteiger partial charge is 0.306 e. The fourth-order valence-corrected chi connectivity index (χ4v) is 6.76. The van der Waals surface area contributed by atoms with E-state index in [1.54, 1.807) is 0 Å². The van der Waals surface area contributed by atoms with Crippen LogP contribution in [0.15, 0.2) is 72.9 Å². The molecule has 0 aliphatic carbocycles. The third-order valence-electron chi connectivity index (χ3n) is 9.71. The van der Waals surface area contributed by atoms with Gasteiger partial charge in [-0.2, -0.15) is 0 Å². The van der Waals surface area contributed by atoms with Crippen LogP contribution in [0.4, 0.5) is 0 Å². The van der Waals surface area contributed by atoms with Crippen molar-refractivity contribution in [1.29, 1.82) is 0 Å². The molecule has 0 N–H and O–H groups in total. The van der Waals surface area contributed by atoms with E-state index in [2.05, 4.69) is 86.8 Å². The number of rotatable bonds is 42. The van der Waals surface area contributed by atoms with Gasteiger partial charge in [0.1, 0.15) is 19.8 Å². The summed E-state index contributed by atoms with van der Waals surface area (Å²) in [7, 11) is 1.14. The fraction of sp³-hybridized carbons (Fsp3) is 0.720. The Morgan fingerprint density at radius 1 is 0.533 bits per heavy atom. The summed E-state index contributed by atoms with van der Waals surface area (Å²) in [6.45, 7) is 4.06. The number of likely N-dealkylation sites (N-methyl/N-ethyl adjacent to an activating group) is 1. The molecule has 0 amide bonds. The summed E-state index contributed by atoms with van der Waals surface area (Å²) in [5, 5.41) is 0. The molecule has 0 saturated carbocycles. The van der Waals surface area contributed by atoms with Gasteiger partial charge in [-0.05, 0) is 83.5 Å². The van der Waals surface area contributed by atoms with Gasteiger partial charge < -0.3 is 27.9 Å². The highest BCUT2D eigenvalue weighted by Gasteiger charge is 2.21. The van der Waals surface area contributed by atoms with E-state index in [4.69, 9.17) is 18.5 Å². The van der Waals surface area contributed by atoms with Crippen molar-refractivity contribution in [2.75, 3.05) is 47.5 Å². The van der Waals surface area contributed by atoms with E-state index in [1.165, 1.54) is 51.4 Å². The average molecular weight is 862 g/mol. The summed E-state index contributed by atoms with van der Waals surface area (Å²) >= 11 is 0. The first kappa shape index (κ1) is 57.4. The molecule has 0 radical (unpaired) electrons. The minimum atomic E-state index is -4.63. The zero-order valence-electron chi connectivity index (χ0n) is 38.9. The number of carbonyl (C=O) groups excluding carboxylic acids is 2. The first-order valence-corrected chi connectivity index (χ1v) is 25.1. The van der Waals surface area contributed by atoms with E-state index < -0.39 is 32.5 Å². The van der Waals surface area contributed by atoms with Crippen LogP contribution in [0.5, 0.6) is 0 Å². The van der Waals surface area contributed by atoms with E-state index in [0.29, 0.717) is 23.9 Å². The van der Waals surface area contributed by atoms with Crippen LogP contribution in [0.3, 0.4) is 0 Å². The van der Waals surface area contributed by atoms with Crippen LogP contribution in [0.1, 0.15) is 181 Å². The maximum Gasteiger partial charge on any atom is 0.306 e. The van der Waals surface area contributed by atoms with Gasteiger partial charge in [0.15, 0.2) is 6.10 Å². The molecule has 0 aromatic heterocycles. The van der Waals surface area contributed by atoms with Crippen LogP contribution in [-0.2, 0) is 32.7 Å². The molecule has 0 aliphatic rings. The SMILES string of the molecule is CC/C=C\C/C=C\C/C=C\C/C=C\C/C=C\CCCCCCCCCC(=O)OC(COC(=O)CCCCCCC/C=C\CCCCCC)COP(=O)([O-])OCC[N+](C)(C)C. The number of quaternary nitrogens is 1. The number of ether oxygens (including phenoxy) is 2. The Bertz CT molecular complexity index is 1250. The topological polar surface area (TPSA) is 111 Å². The minimum absolute atomic E-state index is 0.0379. The van der Waals surface area contributed by atoms with Crippen molar-refractivity contribution >= 4 is 19.8 Å². The number of phosphoric acid groups is 1. The maximum absolute atomic E-state index is 12.7. The molecule has 2 atom stereocenters. The first-order valence-electron chi connectivity index (χ1n) is 23.6. The van der Waals surface area contributed by atoms with Gasteiger partial charge in [-0.15, -0.1) is 0 Å². The third kappa shape index (κ3) is 45.0. The van der Waals surface area contributed by atoms with Crippen molar-refractivity contribution in [2.45, 2.75) is 187 Å². The molecule has 0 rings (SSSR count). The molecule has 9 nitrogen and oxygen atoms in total. The molecule has 346 valence electrons. The van der Waals surface area contributed by atoms with Crippen molar-refractivity contribution in [1.82, 2.24) is 0 Å². The fourth-order valence-electron chi connectivity index (χ4n) is 6.03. The summed E-state index contributed by atoms with van der Waals surface area (Å²) in [4.78, 5) is 37.6. The Morgan fingerprint density at radius 3 is 1.43 bits per heavy atom. The Morgan fingerprint density at radius 2 is 0.950 bits per heavy atom. The molecule has 60 heavy (non-hydrogen) atoms. The standard InChI is InChI=1S/C50H88NO8P/c1-6-8-10-12-14-16-18-20-21-22-23-24-25-26-27-28-29-31-33-35-37-39-41-43-50(53)59-48(47-58-60(54,55)57-45-44-51(3,4)5)46-56-49(52)42-40-38-36-34-32-30-19-17-15-13-11-9-7-2/h8,10,14,16-17,19-21,23-24,26-27,48H,6-7,9,11-13,15,18,22,25,28-47H2,1-5H3/b10-8-,16-14-,19-17-,21-20-,24-23-,27-26-. The van der Waals surface area contributed by atoms with Crippen molar-refractivity contribution in [2.24, 2.45) is 0 Å². The average Bonchev–Trinajstić information content (AvgIpc) is 3.20. The number of allylic oxidation sites excluding steroid dienone is 12. The Hall–Kier alpha value is -2.55. The van der Waals surface area contributed by atoms with Gasteiger partial charge in [-0.3, -0.25) is 14.2 Å². The van der Waals surface area contributed by atoms with Gasteiger partial charge in [-0.25, -0.2) is 0 Å². The summed E-state index contributed by atoms with van der Waals surface area (Å²) < 4.78 is 33.9. The van der Waals surface area contributed by atoms with Crippen molar-refractivity contribution < 1.29 is 42.1 Å². The number of phosphoric ester groups is 1. The first-order chi connectivity index (χ1) is 29.0. The molecule has 0 aromatic carbocycles. The second-order valence-corrected chi connectivity index (χ2v) is 18.1. The molecule has 0 aromatic rings. The Labute approximate surface area is 368 Å². The summed E-state index contributed by atoms with van der Waals surface area (Å²) in [6.07, 6.45) is 52.1. The van der Waals surface area contributed by atoms with Crippen LogP contribution in [0, 0.1) is 0 Å². The largest absolute Gasteiger partial charge is 0.756 e. The number of hydrogen-bond acceptors (Lipinski definition) is 8. The number of unbranched alkanes of at least 4 members (excludes halogenated alkanes) is 16. The zero-order chi connectivity index (χ0) is 44.3. The number of carbonyl (C=O) groups is 2. The summed E-state index contributed by atoms with van der Waals surface area (Å²) in [5.41, 5.74) is 0. The third-order valence-corrected chi connectivity index (χ3v) is 10.7. The van der Waals surface area contributed by atoms with E-state index >= 15 is 0 Å². The summed E-state index contributed by atoms with van der Waals surface area (Å²) in [5.74, 6) is -0.862. The molecule has 0 saturated heterocycles. The van der Waals surface area contributed by atoms with Crippen LogP contribution >= 0.6 is 7.82 Å². The molecule has 0 spiro atoms. The quantitative estimate of drug-likeness (QED) is 0.0196. The van der Waals surface area contributed by atoms with Crippen molar-refractivity contribution in [3.05, 3.63) is 72.9 Å². The van der Waals surface area contributed by atoms with Crippen LogP contribution in [0.25, 0.3) is 0 Å². The van der Waals surface area contributed by atoms with Crippen LogP contribution < -0.4 is 4.89 Å². The Kier molecular flexibility index (Phi) is 40.0. The van der Waals surface area contributed by atoms with Gasteiger partial charge in [0.05, 0.1) is 27.7 Å². The molecule has 10 heteroatoms. The van der Waals surface area contributed by atoms with Gasteiger partial charge in [0.2, 0.25) is 0 Å². The van der Waals surface area contributed by atoms with Gasteiger partial charge >= 0.3 is 11.9 Å². The molecule has 2 unspecified atom stereocenters. The van der Waals surface area contributed by atoms with E-state index in [9.17, 15) is 19.0 Å². The van der Waals surface area contributed by atoms with E-state index in [-0.39, 0.29) is 26.1 Å². The lowest BCUT2D eigenvalue weighted by Crippen LogP contribution is -2.37. The lowest BCUT2D eigenvalue weighted by molar-refractivity contribution is -0.870. The summed E-state index contributed by atoms with van der Waals surface area (Å²) in [6, 6.07) is 0. The molecular weight excluding hydrogens is 774 g/mol. The number of hydrogen-bond donors (Lipinski definition) is 0. The number of nitrogens with zero attached hydrogens (tertiary/aromatic N) is 1. The lowest BCUT2D eigenvalue weighted by atomic mass is 10.1. The van der Waals surface area contributed by atoms with Gasteiger partial charge in [-0.1, -0.05) is 157 Å². The lowest BCUT2D eigenvalue weighted by Gasteiger charge is -2.28. The zero-order valence-corrected chi connectivity index (χ0v) is 39.8. The highest BCUT2D eigenvalue weighted by molar-refractivity contribution is 7.45. The predicted molar refractivity (Wildman–Crippen MR) is 249 cm³/mol. The molecular formula is C50H88NO8P. The number of esters is 2. The Balaban J connectivity index is 4.33. The van der Waals surface area contributed by atoms with Gasteiger partial charge in [0, 0.05) is 12.8 Å². The molecule has 0 aliphatic heterocycles. The van der Waals surface area contributed by atoms with E-state index in [0.717, 1.165) is 89.9 Å². The predicted octanol–water partition coefficient (Wildman–Crippen LogP) is 13.2.